The van der Waals surface area contributed by atoms with Crippen LogP contribution in [0.1, 0.15) is 33.2 Å². The molecule has 1 unspecified atom stereocenters. The first-order valence-electron chi connectivity index (χ1n) is 5.78. The second kappa shape index (κ2) is 6.18. The van der Waals surface area contributed by atoms with Crippen molar-refractivity contribution in [3.63, 3.8) is 0 Å². The maximum Gasteiger partial charge on any atom is 0.0843 e. The molecule has 0 amide bonds. The normalized spacial score (nSPS) is 12.9. The molecule has 0 aliphatic rings. The molecule has 0 bridgehead atoms. The zero-order chi connectivity index (χ0) is 13.3. The van der Waals surface area contributed by atoms with Crippen molar-refractivity contribution in [1.29, 1.82) is 0 Å². The lowest BCUT2D eigenvalue weighted by Crippen LogP contribution is -2.20. The van der Waals surface area contributed by atoms with E-state index in [2.05, 4.69) is 70.1 Å². The first-order chi connectivity index (χ1) is 8.52. The number of rotatable bonds is 4. The Hall–Kier alpha value is 0.320. The molecular weight excluding hydrogens is 394 g/mol. The average molecular weight is 409 g/mol. The Morgan fingerprint density at radius 3 is 2.28 bits per heavy atom. The van der Waals surface area contributed by atoms with E-state index in [-0.39, 0.29) is 0 Å². The molecule has 0 aromatic carbocycles. The van der Waals surface area contributed by atoms with Crippen molar-refractivity contribution in [2.45, 2.75) is 26.8 Å². The van der Waals surface area contributed by atoms with Crippen LogP contribution in [0, 0.1) is 13.8 Å². The van der Waals surface area contributed by atoms with Crippen LogP contribution in [0.4, 0.5) is 0 Å². The molecule has 0 radical (unpaired) electrons. The first-order valence-corrected chi connectivity index (χ1v) is 8.99. The third-order valence-electron chi connectivity index (χ3n) is 2.83. The van der Waals surface area contributed by atoms with Crippen LogP contribution in [0.3, 0.4) is 0 Å². The smallest absolute Gasteiger partial charge is 0.0843 e. The predicted molar refractivity (Wildman–Crippen MR) is 89.0 cm³/mol. The SMILES string of the molecule is CCNC(c1cc(C)c(C)s1)c1cc(Br)c(Br)s1. The summed E-state index contributed by atoms with van der Waals surface area (Å²) in [5.74, 6) is 0. The summed E-state index contributed by atoms with van der Waals surface area (Å²) in [6.07, 6.45) is 0. The molecular formula is C13H15Br2NS2. The zero-order valence-corrected chi connectivity index (χ0v) is 15.3. The van der Waals surface area contributed by atoms with Gasteiger partial charge in [0.25, 0.3) is 0 Å². The Morgan fingerprint density at radius 2 is 1.83 bits per heavy atom. The molecule has 18 heavy (non-hydrogen) atoms. The quantitative estimate of drug-likeness (QED) is 0.688. The standard InChI is InChI=1S/C13H15Br2NS2/c1-4-16-12(10-5-7(2)8(3)17-10)11-6-9(14)13(15)18-11/h5-6,12,16H,4H2,1-3H3. The van der Waals surface area contributed by atoms with E-state index in [1.54, 1.807) is 11.3 Å². The minimum atomic E-state index is 0.306. The van der Waals surface area contributed by atoms with Crippen LogP contribution in [-0.4, -0.2) is 6.54 Å². The van der Waals surface area contributed by atoms with Gasteiger partial charge < -0.3 is 5.32 Å². The van der Waals surface area contributed by atoms with E-state index in [0.29, 0.717) is 6.04 Å². The van der Waals surface area contributed by atoms with E-state index in [4.69, 9.17) is 0 Å². The Morgan fingerprint density at radius 1 is 1.17 bits per heavy atom. The highest BCUT2D eigenvalue weighted by Crippen LogP contribution is 2.39. The summed E-state index contributed by atoms with van der Waals surface area (Å²) in [5.41, 5.74) is 1.38. The molecule has 0 aliphatic carbocycles. The summed E-state index contributed by atoms with van der Waals surface area (Å²) in [6, 6.07) is 4.81. The van der Waals surface area contributed by atoms with Gasteiger partial charge in [0.15, 0.2) is 0 Å². The van der Waals surface area contributed by atoms with Gasteiger partial charge in [-0.2, -0.15) is 0 Å². The highest BCUT2D eigenvalue weighted by molar-refractivity contribution is 9.13. The minimum Gasteiger partial charge on any atom is -0.305 e. The van der Waals surface area contributed by atoms with Gasteiger partial charge in [-0.3, -0.25) is 0 Å². The highest BCUT2D eigenvalue weighted by atomic mass is 79.9. The zero-order valence-electron chi connectivity index (χ0n) is 10.5. The Bertz CT molecular complexity index is 460. The summed E-state index contributed by atoms with van der Waals surface area (Å²) in [6.45, 7) is 7.48. The monoisotopic (exact) mass is 407 g/mol. The van der Waals surface area contributed by atoms with Gasteiger partial charge in [-0.1, -0.05) is 6.92 Å². The van der Waals surface area contributed by atoms with E-state index in [1.807, 2.05) is 11.3 Å². The van der Waals surface area contributed by atoms with Gasteiger partial charge >= 0.3 is 0 Å². The topological polar surface area (TPSA) is 12.0 Å². The number of halogens is 2. The second-order valence-electron chi connectivity index (χ2n) is 4.15. The number of thiophene rings is 2. The minimum absolute atomic E-state index is 0.306. The molecule has 2 heterocycles. The fraction of sp³-hybridized carbons (Fsp3) is 0.385. The van der Waals surface area contributed by atoms with E-state index >= 15 is 0 Å². The van der Waals surface area contributed by atoms with E-state index in [1.165, 1.54) is 20.2 Å². The molecule has 0 spiro atoms. The van der Waals surface area contributed by atoms with Crippen molar-refractivity contribution in [3.05, 3.63) is 40.6 Å². The number of nitrogens with one attached hydrogen (secondary N) is 1. The largest absolute Gasteiger partial charge is 0.305 e. The van der Waals surface area contributed by atoms with Gasteiger partial charge in [0.1, 0.15) is 0 Å². The Labute approximate surface area is 133 Å². The van der Waals surface area contributed by atoms with Crippen LogP contribution in [-0.2, 0) is 0 Å². The van der Waals surface area contributed by atoms with Crippen LogP contribution < -0.4 is 5.32 Å². The van der Waals surface area contributed by atoms with Gasteiger partial charge in [-0.25, -0.2) is 0 Å². The molecule has 2 aromatic rings. The summed E-state index contributed by atoms with van der Waals surface area (Å²) in [7, 11) is 0. The second-order valence-corrected chi connectivity index (χ2v) is 8.69. The lowest BCUT2D eigenvalue weighted by Gasteiger charge is -2.14. The van der Waals surface area contributed by atoms with Crippen LogP contribution in [0.15, 0.2) is 20.4 Å². The van der Waals surface area contributed by atoms with Crippen molar-refractivity contribution in [1.82, 2.24) is 5.32 Å². The maximum atomic E-state index is 3.58. The lowest BCUT2D eigenvalue weighted by atomic mass is 10.1. The molecule has 1 atom stereocenters. The molecule has 1 nitrogen and oxygen atoms in total. The van der Waals surface area contributed by atoms with Crippen LogP contribution >= 0.6 is 54.5 Å². The summed E-state index contributed by atoms with van der Waals surface area (Å²) in [5, 5.41) is 3.58. The van der Waals surface area contributed by atoms with E-state index in [0.717, 1.165) is 14.8 Å². The summed E-state index contributed by atoms with van der Waals surface area (Å²) >= 11 is 10.8. The Kier molecular flexibility index (Phi) is 5.06. The number of hydrogen-bond acceptors (Lipinski definition) is 3. The molecule has 0 saturated heterocycles. The van der Waals surface area contributed by atoms with Crippen molar-refractivity contribution < 1.29 is 0 Å². The van der Waals surface area contributed by atoms with Gasteiger partial charge in [-0.05, 0) is 69.9 Å². The number of aryl methyl sites for hydroxylation is 2. The summed E-state index contributed by atoms with van der Waals surface area (Å²) < 4.78 is 2.29. The van der Waals surface area contributed by atoms with Gasteiger partial charge in [0.2, 0.25) is 0 Å². The van der Waals surface area contributed by atoms with Gasteiger partial charge in [-0.15, -0.1) is 22.7 Å². The lowest BCUT2D eigenvalue weighted by molar-refractivity contribution is 0.648. The third kappa shape index (κ3) is 3.07. The fourth-order valence-electron chi connectivity index (χ4n) is 1.80. The molecule has 2 aromatic heterocycles. The molecule has 5 heteroatoms. The molecule has 0 fully saturated rings. The molecule has 2 rings (SSSR count). The van der Waals surface area contributed by atoms with Crippen LogP contribution in [0.5, 0.6) is 0 Å². The van der Waals surface area contributed by atoms with E-state index in [9.17, 15) is 0 Å². The van der Waals surface area contributed by atoms with Crippen molar-refractivity contribution >= 4 is 54.5 Å². The van der Waals surface area contributed by atoms with Crippen molar-refractivity contribution in [2.75, 3.05) is 6.54 Å². The van der Waals surface area contributed by atoms with E-state index < -0.39 is 0 Å². The third-order valence-corrected chi connectivity index (χ3v) is 7.37. The first kappa shape index (κ1) is 14.7. The predicted octanol–water partition coefficient (Wildman–Crippen LogP) is 5.65. The van der Waals surface area contributed by atoms with Crippen molar-refractivity contribution in [2.24, 2.45) is 0 Å². The fourth-order valence-corrected chi connectivity index (χ4v) is 5.19. The summed E-state index contributed by atoms with van der Waals surface area (Å²) in [4.78, 5) is 4.15. The Balaban J connectivity index is 2.39. The van der Waals surface area contributed by atoms with Crippen LogP contribution in [0.25, 0.3) is 0 Å². The molecule has 1 N–H and O–H groups in total. The van der Waals surface area contributed by atoms with Gasteiger partial charge in [0, 0.05) is 19.1 Å². The van der Waals surface area contributed by atoms with Gasteiger partial charge in [0.05, 0.1) is 9.83 Å². The highest BCUT2D eigenvalue weighted by Gasteiger charge is 2.19. The van der Waals surface area contributed by atoms with Crippen molar-refractivity contribution in [3.8, 4) is 0 Å². The number of hydrogen-bond donors (Lipinski definition) is 1. The average Bonchev–Trinajstić information content (AvgIpc) is 2.81. The molecule has 98 valence electrons. The molecule has 0 aliphatic heterocycles. The van der Waals surface area contributed by atoms with Crippen LogP contribution in [0.2, 0.25) is 0 Å². The molecule has 0 saturated carbocycles. The maximum absolute atomic E-state index is 3.58.